The fraction of sp³-hybridized carbons (Fsp3) is 0.500. The summed E-state index contributed by atoms with van der Waals surface area (Å²) in [4.78, 5) is 12.9. The maximum Gasteiger partial charge on any atom is 0.247 e. The molecule has 2 aromatic heterocycles. The topological polar surface area (TPSA) is 127 Å². The number of nitrogens with zero attached hydrogens (tertiary/aromatic N) is 4. The van der Waals surface area contributed by atoms with Gasteiger partial charge < -0.3 is 29.8 Å². The van der Waals surface area contributed by atoms with Crippen molar-refractivity contribution in [3.8, 4) is 5.88 Å². The molecule has 10 heteroatoms. The third-order valence-corrected chi connectivity index (χ3v) is 5.83. The first-order chi connectivity index (χ1) is 15.6. The van der Waals surface area contributed by atoms with Crippen LogP contribution in [0.4, 0.5) is 5.95 Å². The van der Waals surface area contributed by atoms with Gasteiger partial charge in [0.15, 0.2) is 17.4 Å². The number of hydrogen-bond donors (Lipinski definition) is 2. The first-order valence-corrected chi connectivity index (χ1v) is 10.7. The minimum atomic E-state index is -0.960. The second kappa shape index (κ2) is 9.37. The maximum atomic E-state index is 10.3. The van der Waals surface area contributed by atoms with E-state index in [-0.39, 0.29) is 12.6 Å². The van der Waals surface area contributed by atoms with Crippen molar-refractivity contribution >= 4 is 17.1 Å². The van der Waals surface area contributed by atoms with Crippen molar-refractivity contribution in [2.24, 2.45) is 0 Å². The Hall–Kier alpha value is -2.79. The van der Waals surface area contributed by atoms with Crippen LogP contribution < -0.4 is 10.5 Å². The molecule has 0 unspecified atom stereocenters. The summed E-state index contributed by atoms with van der Waals surface area (Å²) in [5.41, 5.74) is 6.90. The number of fused-ring (bicyclic) bond motifs is 1. The van der Waals surface area contributed by atoms with Gasteiger partial charge in [0.2, 0.25) is 11.8 Å². The lowest BCUT2D eigenvalue weighted by Gasteiger charge is -2.32. The monoisotopic (exact) mass is 443 g/mol. The fourth-order valence-corrected chi connectivity index (χ4v) is 4.14. The van der Waals surface area contributed by atoms with Crippen molar-refractivity contribution in [1.29, 1.82) is 0 Å². The molecule has 0 saturated carbocycles. The molecule has 3 heterocycles. The minimum Gasteiger partial charge on any atom is -0.476 e. The Morgan fingerprint density at radius 1 is 1.22 bits per heavy atom. The van der Waals surface area contributed by atoms with Gasteiger partial charge in [-0.25, -0.2) is 4.98 Å². The highest BCUT2D eigenvalue weighted by Crippen LogP contribution is 2.43. The van der Waals surface area contributed by atoms with Crippen molar-refractivity contribution in [1.82, 2.24) is 19.5 Å². The summed E-state index contributed by atoms with van der Waals surface area (Å²) < 4.78 is 25.9. The Labute approximate surface area is 186 Å². The highest BCUT2D eigenvalue weighted by Gasteiger charge is 2.56. The summed E-state index contributed by atoms with van der Waals surface area (Å²) in [6, 6.07) is 9.84. The minimum absolute atomic E-state index is 0.0652. The fourth-order valence-electron chi connectivity index (χ4n) is 4.14. The molecular formula is C22H29N5O5. The number of aliphatic hydroxyl groups excluding tert-OH is 1. The molecule has 32 heavy (non-hydrogen) atoms. The number of hydrogen-bond acceptors (Lipinski definition) is 9. The summed E-state index contributed by atoms with van der Waals surface area (Å²) >= 11 is 0. The van der Waals surface area contributed by atoms with Crippen LogP contribution in [0.25, 0.3) is 11.2 Å². The highest BCUT2D eigenvalue weighted by atomic mass is 16.6. The Morgan fingerprint density at radius 2 is 2.00 bits per heavy atom. The van der Waals surface area contributed by atoms with Gasteiger partial charge in [-0.2, -0.15) is 9.97 Å². The van der Waals surface area contributed by atoms with Crippen LogP contribution in [0.1, 0.15) is 32.1 Å². The zero-order valence-electron chi connectivity index (χ0n) is 18.5. The van der Waals surface area contributed by atoms with Crippen LogP contribution in [0.15, 0.2) is 36.7 Å². The van der Waals surface area contributed by atoms with Gasteiger partial charge in [-0.15, -0.1) is 0 Å². The maximum absolute atomic E-state index is 10.3. The van der Waals surface area contributed by atoms with Crippen molar-refractivity contribution in [2.45, 2.75) is 50.9 Å². The lowest BCUT2D eigenvalue weighted by atomic mass is 9.93. The number of imidazole rings is 1. The van der Waals surface area contributed by atoms with Crippen LogP contribution in [0.2, 0.25) is 0 Å². The first-order valence-electron chi connectivity index (χ1n) is 10.7. The van der Waals surface area contributed by atoms with Gasteiger partial charge in [0, 0.05) is 7.11 Å². The van der Waals surface area contributed by atoms with Crippen molar-refractivity contribution in [2.75, 3.05) is 26.1 Å². The molecule has 1 saturated heterocycles. The van der Waals surface area contributed by atoms with Crippen molar-refractivity contribution < 1.29 is 24.1 Å². The number of anilines is 1. The molecule has 0 radical (unpaired) electrons. The number of aromatic nitrogens is 4. The van der Waals surface area contributed by atoms with E-state index in [1.165, 1.54) is 0 Å². The molecule has 3 N–H and O–H groups in total. The van der Waals surface area contributed by atoms with Gasteiger partial charge in [0.25, 0.3) is 0 Å². The quantitative estimate of drug-likeness (QED) is 0.511. The molecule has 1 aliphatic rings. The molecular weight excluding hydrogens is 414 g/mol. The van der Waals surface area contributed by atoms with E-state index in [0.29, 0.717) is 36.7 Å². The molecule has 1 aromatic carbocycles. The van der Waals surface area contributed by atoms with E-state index in [0.717, 1.165) is 5.56 Å². The molecule has 172 valence electrons. The number of nitrogens with two attached hydrogens (primary N) is 1. The van der Waals surface area contributed by atoms with Crippen LogP contribution in [0.5, 0.6) is 5.88 Å². The smallest absolute Gasteiger partial charge is 0.247 e. The largest absolute Gasteiger partial charge is 0.476 e. The predicted octanol–water partition coefficient (Wildman–Crippen LogP) is 2.08. The molecule has 0 aliphatic carbocycles. The Kier molecular flexibility index (Phi) is 6.56. The Bertz CT molecular complexity index is 1040. The second-order valence-electron chi connectivity index (χ2n) is 7.65. The average molecular weight is 444 g/mol. The van der Waals surface area contributed by atoms with Crippen LogP contribution in [-0.4, -0.2) is 62.8 Å². The second-order valence-corrected chi connectivity index (χ2v) is 7.65. The Morgan fingerprint density at radius 3 is 2.66 bits per heavy atom. The SMILES string of the molecule is CCOc1nc(N)nc2c1ncn2[C@@H]1O[C@](CC)(CO)[C@@H](OCc2ccccc2)[C@H]1OC. The number of benzene rings is 1. The third-order valence-electron chi connectivity index (χ3n) is 5.83. The molecule has 1 aliphatic heterocycles. The van der Waals surface area contributed by atoms with Gasteiger partial charge in [-0.1, -0.05) is 37.3 Å². The van der Waals surface area contributed by atoms with Crippen molar-refractivity contribution in [3.05, 3.63) is 42.2 Å². The summed E-state index contributed by atoms with van der Waals surface area (Å²) in [5, 5.41) is 10.3. The van der Waals surface area contributed by atoms with Crippen LogP contribution >= 0.6 is 0 Å². The van der Waals surface area contributed by atoms with Gasteiger partial charge >= 0.3 is 0 Å². The molecule has 4 atom stereocenters. The van der Waals surface area contributed by atoms with Gasteiger partial charge in [-0.3, -0.25) is 4.57 Å². The molecule has 1 fully saturated rings. The summed E-state index contributed by atoms with van der Waals surface area (Å²) in [7, 11) is 1.59. The lowest BCUT2D eigenvalue weighted by molar-refractivity contribution is -0.144. The van der Waals surface area contributed by atoms with Gasteiger partial charge in [-0.05, 0) is 18.9 Å². The molecule has 4 rings (SSSR count). The van der Waals surface area contributed by atoms with E-state index >= 15 is 0 Å². The zero-order valence-corrected chi connectivity index (χ0v) is 18.5. The molecule has 0 amide bonds. The third kappa shape index (κ3) is 3.90. The number of aliphatic hydroxyl groups is 1. The Balaban J connectivity index is 1.71. The highest BCUT2D eigenvalue weighted by molar-refractivity contribution is 5.77. The first kappa shape index (κ1) is 22.4. The molecule has 0 spiro atoms. The summed E-state index contributed by atoms with van der Waals surface area (Å²) in [6.45, 7) is 4.35. The molecule has 0 bridgehead atoms. The lowest BCUT2D eigenvalue weighted by Crippen LogP contribution is -2.47. The van der Waals surface area contributed by atoms with E-state index in [9.17, 15) is 5.11 Å². The van der Waals surface area contributed by atoms with E-state index < -0.39 is 24.0 Å². The molecule has 3 aromatic rings. The predicted molar refractivity (Wildman–Crippen MR) is 117 cm³/mol. The number of rotatable bonds is 9. The van der Waals surface area contributed by atoms with E-state index in [2.05, 4.69) is 15.0 Å². The number of ether oxygens (including phenoxy) is 4. The number of nitrogen functional groups attached to an aromatic ring is 1. The van der Waals surface area contributed by atoms with Crippen LogP contribution in [0, 0.1) is 0 Å². The van der Waals surface area contributed by atoms with Crippen LogP contribution in [-0.2, 0) is 20.8 Å². The summed E-state index contributed by atoms with van der Waals surface area (Å²) in [6.07, 6.45) is 0.398. The summed E-state index contributed by atoms with van der Waals surface area (Å²) in [5.74, 6) is 0.372. The van der Waals surface area contributed by atoms with E-state index in [4.69, 9.17) is 24.7 Å². The number of methoxy groups -OCH3 is 1. The normalized spacial score (nSPS) is 25.4. The van der Waals surface area contributed by atoms with Crippen molar-refractivity contribution in [3.63, 3.8) is 0 Å². The van der Waals surface area contributed by atoms with E-state index in [1.807, 2.05) is 44.2 Å². The van der Waals surface area contributed by atoms with E-state index in [1.54, 1.807) is 18.0 Å². The van der Waals surface area contributed by atoms with Crippen LogP contribution in [0.3, 0.4) is 0 Å². The molecule has 10 nitrogen and oxygen atoms in total. The standard InChI is InChI=1S/C22H29N5O5/c1-4-22(12-28)17(31-11-14-9-7-6-8-10-14)16(29-3)20(32-22)27-13-24-15-18(27)25-21(23)26-19(15)30-5-2/h6-10,13,16-17,20,28H,4-5,11-12H2,1-3H3,(H2,23,25,26)/t16-,17+,20-,22-/m1/s1. The zero-order chi connectivity index (χ0) is 22.7. The average Bonchev–Trinajstić information content (AvgIpc) is 3.37. The van der Waals surface area contributed by atoms with Gasteiger partial charge in [0.05, 0.1) is 26.1 Å². The van der Waals surface area contributed by atoms with Gasteiger partial charge in [0.1, 0.15) is 17.8 Å².